The summed E-state index contributed by atoms with van der Waals surface area (Å²) in [5.41, 5.74) is 1.01. The predicted octanol–water partition coefficient (Wildman–Crippen LogP) is 5.15. The second-order valence-electron chi connectivity index (χ2n) is 5.66. The second-order valence-corrected chi connectivity index (χ2v) is 6.98. The number of ether oxygens (including phenoxy) is 2. The number of benzene rings is 2. The highest BCUT2D eigenvalue weighted by atomic mass is 35.5. The Morgan fingerprint density at radius 1 is 1.18 bits per heavy atom. The molecule has 0 radical (unpaired) electrons. The number of nitro benzene ring substituents is 1. The molecule has 1 heterocycles. The largest absolute Gasteiger partial charge is 0.497 e. The van der Waals surface area contributed by atoms with Gasteiger partial charge >= 0.3 is 0 Å². The maximum Gasteiger partial charge on any atom is 0.271 e. The molecule has 0 fully saturated rings. The molecular formula is C19H15ClN2O5S. The molecule has 3 aromatic rings. The monoisotopic (exact) mass is 418 g/mol. The number of hydrogen-bond donors (Lipinski definition) is 1. The molecule has 0 saturated heterocycles. The van der Waals surface area contributed by atoms with Gasteiger partial charge in [-0.3, -0.25) is 14.9 Å². The fraction of sp³-hybridized carbons (Fsp3) is 0.105. The number of methoxy groups -OCH3 is 1. The van der Waals surface area contributed by atoms with Crippen LogP contribution in [0.15, 0.2) is 53.9 Å². The van der Waals surface area contributed by atoms with Crippen molar-refractivity contribution < 1.29 is 19.2 Å². The molecule has 144 valence electrons. The average Bonchev–Trinajstić information content (AvgIpc) is 3.17. The van der Waals surface area contributed by atoms with E-state index in [4.69, 9.17) is 21.1 Å². The van der Waals surface area contributed by atoms with Gasteiger partial charge in [0.15, 0.2) is 0 Å². The molecule has 0 aliphatic rings. The van der Waals surface area contributed by atoms with E-state index in [1.165, 1.54) is 29.5 Å². The van der Waals surface area contributed by atoms with Crippen LogP contribution in [0.1, 0.15) is 15.2 Å². The SMILES string of the molecule is COc1ccc(OCc2csc(C(=O)Nc3ccc([N+](=O)[O-])cc3Cl)c2)cc1. The topological polar surface area (TPSA) is 90.7 Å². The van der Waals surface area contributed by atoms with Gasteiger partial charge in [-0.15, -0.1) is 11.3 Å². The average molecular weight is 419 g/mol. The van der Waals surface area contributed by atoms with Crippen molar-refractivity contribution in [2.75, 3.05) is 12.4 Å². The summed E-state index contributed by atoms with van der Waals surface area (Å²) < 4.78 is 10.8. The van der Waals surface area contributed by atoms with Gasteiger partial charge in [0, 0.05) is 17.7 Å². The number of nitrogens with zero attached hydrogens (tertiary/aromatic N) is 1. The van der Waals surface area contributed by atoms with Crippen LogP contribution in [0.5, 0.6) is 11.5 Å². The second kappa shape index (κ2) is 8.73. The standard InChI is InChI=1S/C19H15ClN2O5S/c1-26-14-3-5-15(6-4-14)27-10-12-8-18(28-11-12)19(23)21-17-7-2-13(22(24)25)9-16(17)20/h2-9,11H,10H2,1H3,(H,21,23). The summed E-state index contributed by atoms with van der Waals surface area (Å²) in [6.45, 7) is 0.314. The van der Waals surface area contributed by atoms with Gasteiger partial charge in [0.05, 0.1) is 27.6 Å². The van der Waals surface area contributed by atoms with E-state index >= 15 is 0 Å². The molecule has 0 unspecified atom stereocenters. The number of halogens is 1. The molecule has 0 bridgehead atoms. The summed E-state index contributed by atoms with van der Waals surface area (Å²) in [6.07, 6.45) is 0. The summed E-state index contributed by atoms with van der Waals surface area (Å²) in [5, 5.41) is 15.3. The van der Waals surface area contributed by atoms with E-state index < -0.39 is 4.92 Å². The first-order valence-electron chi connectivity index (χ1n) is 8.06. The Morgan fingerprint density at radius 2 is 1.89 bits per heavy atom. The normalized spacial score (nSPS) is 10.4. The van der Waals surface area contributed by atoms with Crippen LogP contribution in [0, 0.1) is 10.1 Å². The van der Waals surface area contributed by atoms with Crippen molar-refractivity contribution >= 4 is 40.2 Å². The number of anilines is 1. The maximum atomic E-state index is 12.4. The fourth-order valence-electron chi connectivity index (χ4n) is 2.31. The molecule has 2 aromatic carbocycles. The maximum absolute atomic E-state index is 12.4. The zero-order chi connectivity index (χ0) is 20.1. The van der Waals surface area contributed by atoms with Crippen molar-refractivity contribution in [2.45, 2.75) is 6.61 Å². The van der Waals surface area contributed by atoms with Crippen LogP contribution in [0.3, 0.4) is 0 Å². The van der Waals surface area contributed by atoms with E-state index in [0.29, 0.717) is 22.9 Å². The van der Waals surface area contributed by atoms with Crippen molar-refractivity contribution in [3.63, 3.8) is 0 Å². The number of carbonyl (C=O) groups is 1. The predicted molar refractivity (Wildman–Crippen MR) is 108 cm³/mol. The summed E-state index contributed by atoms with van der Waals surface area (Å²) >= 11 is 7.27. The highest BCUT2D eigenvalue weighted by Gasteiger charge is 2.14. The Hall–Kier alpha value is -3.10. The van der Waals surface area contributed by atoms with Gasteiger partial charge in [-0.25, -0.2) is 0 Å². The highest BCUT2D eigenvalue weighted by molar-refractivity contribution is 7.12. The van der Waals surface area contributed by atoms with Gasteiger partial charge < -0.3 is 14.8 Å². The minimum Gasteiger partial charge on any atom is -0.497 e. The molecule has 1 aromatic heterocycles. The van der Waals surface area contributed by atoms with Gasteiger partial charge in [0.25, 0.3) is 11.6 Å². The summed E-state index contributed by atoms with van der Waals surface area (Å²) in [6, 6.07) is 12.8. The Balaban J connectivity index is 1.61. The number of non-ortho nitro benzene ring substituents is 1. The Morgan fingerprint density at radius 3 is 2.54 bits per heavy atom. The lowest BCUT2D eigenvalue weighted by Gasteiger charge is -2.06. The summed E-state index contributed by atoms with van der Waals surface area (Å²) in [5.74, 6) is 1.08. The number of rotatable bonds is 7. The number of thiophene rings is 1. The minimum atomic E-state index is -0.550. The van der Waals surface area contributed by atoms with Crippen molar-refractivity contribution in [2.24, 2.45) is 0 Å². The first kappa shape index (κ1) is 19.7. The van der Waals surface area contributed by atoms with E-state index in [1.54, 1.807) is 37.4 Å². The van der Waals surface area contributed by atoms with Gasteiger partial charge in [0.2, 0.25) is 0 Å². The highest BCUT2D eigenvalue weighted by Crippen LogP contribution is 2.28. The lowest BCUT2D eigenvalue weighted by molar-refractivity contribution is -0.384. The van der Waals surface area contributed by atoms with Gasteiger partial charge in [-0.2, -0.15) is 0 Å². The van der Waals surface area contributed by atoms with Crippen LogP contribution < -0.4 is 14.8 Å². The van der Waals surface area contributed by atoms with E-state index in [9.17, 15) is 14.9 Å². The number of hydrogen-bond acceptors (Lipinski definition) is 6. The molecule has 28 heavy (non-hydrogen) atoms. The number of nitrogens with one attached hydrogen (secondary N) is 1. The molecule has 1 N–H and O–H groups in total. The number of amides is 1. The summed E-state index contributed by atoms with van der Waals surface area (Å²) in [7, 11) is 1.59. The first-order valence-corrected chi connectivity index (χ1v) is 9.31. The third-order valence-corrected chi connectivity index (χ3v) is 5.04. The molecule has 7 nitrogen and oxygen atoms in total. The quantitative estimate of drug-likeness (QED) is 0.423. The van der Waals surface area contributed by atoms with Crippen molar-refractivity contribution in [1.29, 1.82) is 0 Å². The molecule has 3 rings (SSSR count). The van der Waals surface area contributed by atoms with Crippen LogP contribution in [0.2, 0.25) is 5.02 Å². The molecule has 0 atom stereocenters. The molecule has 0 spiro atoms. The van der Waals surface area contributed by atoms with Gasteiger partial charge in [-0.05, 0) is 41.8 Å². The van der Waals surface area contributed by atoms with E-state index in [1.807, 2.05) is 5.38 Å². The first-order chi connectivity index (χ1) is 13.5. The van der Waals surface area contributed by atoms with E-state index in [0.717, 1.165) is 11.3 Å². The van der Waals surface area contributed by atoms with Crippen molar-refractivity contribution in [1.82, 2.24) is 0 Å². The molecular weight excluding hydrogens is 404 g/mol. The lowest BCUT2D eigenvalue weighted by Crippen LogP contribution is -2.10. The van der Waals surface area contributed by atoms with Crippen LogP contribution in [-0.2, 0) is 6.61 Å². The third kappa shape index (κ3) is 4.79. The Bertz CT molecular complexity index is 1000. The molecule has 0 saturated carbocycles. The van der Waals surface area contributed by atoms with Crippen LogP contribution >= 0.6 is 22.9 Å². The number of carbonyl (C=O) groups excluding carboxylic acids is 1. The number of nitro groups is 1. The summed E-state index contributed by atoms with van der Waals surface area (Å²) in [4.78, 5) is 23.1. The van der Waals surface area contributed by atoms with Crippen LogP contribution in [0.25, 0.3) is 0 Å². The third-order valence-electron chi connectivity index (χ3n) is 3.75. The van der Waals surface area contributed by atoms with Crippen LogP contribution in [-0.4, -0.2) is 17.9 Å². The van der Waals surface area contributed by atoms with Gasteiger partial charge in [0.1, 0.15) is 18.1 Å². The van der Waals surface area contributed by atoms with Crippen LogP contribution in [0.4, 0.5) is 11.4 Å². The Labute approximate surface area is 169 Å². The zero-order valence-electron chi connectivity index (χ0n) is 14.7. The molecule has 0 aliphatic carbocycles. The van der Waals surface area contributed by atoms with Crippen molar-refractivity contribution in [3.8, 4) is 11.5 Å². The van der Waals surface area contributed by atoms with Crippen molar-refractivity contribution in [3.05, 3.63) is 79.5 Å². The fourth-order valence-corrected chi connectivity index (χ4v) is 3.33. The van der Waals surface area contributed by atoms with E-state index in [2.05, 4.69) is 5.32 Å². The molecule has 0 aliphatic heterocycles. The smallest absolute Gasteiger partial charge is 0.271 e. The molecule has 9 heteroatoms. The zero-order valence-corrected chi connectivity index (χ0v) is 16.3. The van der Waals surface area contributed by atoms with E-state index in [-0.39, 0.29) is 16.6 Å². The minimum absolute atomic E-state index is 0.0992. The Kier molecular flexibility index (Phi) is 6.13. The molecule has 1 amide bonds. The lowest BCUT2D eigenvalue weighted by atomic mass is 10.2. The van der Waals surface area contributed by atoms with Gasteiger partial charge in [-0.1, -0.05) is 11.6 Å².